The molecule has 2 aromatic carbocycles. The van der Waals surface area contributed by atoms with Gasteiger partial charge in [0, 0.05) is 18.7 Å². The number of carbonyl (C=O) groups is 1. The maximum absolute atomic E-state index is 11.9. The molecule has 0 aliphatic carbocycles. The number of hydrogen-bond donors (Lipinski definition) is 2. The van der Waals surface area contributed by atoms with Crippen molar-refractivity contribution in [1.29, 1.82) is 0 Å². The summed E-state index contributed by atoms with van der Waals surface area (Å²) in [6, 6.07) is 13.3. The van der Waals surface area contributed by atoms with Gasteiger partial charge >= 0.3 is 0 Å². The molecule has 0 fully saturated rings. The van der Waals surface area contributed by atoms with Crippen molar-refractivity contribution in [1.82, 2.24) is 0 Å². The molecule has 21 heavy (non-hydrogen) atoms. The molecular weight excluding hydrogens is 284 g/mol. The summed E-state index contributed by atoms with van der Waals surface area (Å²) in [7, 11) is 0. The second kappa shape index (κ2) is 7.14. The summed E-state index contributed by atoms with van der Waals surface area (Å²) >= 11 is 6.01. The molecule has 0 atom stereocenters. The smallest absolute Gasteiger partial charge is 0.226 e. The van der Waals surface area contributed by atoms with Crippen molar-refractivity contribution in [3.63, 3.8) is 0 Å². The molecule has 3 nitrogen and oxygen atoms in total. The van der Waals surface area contributed by atoms with E-state index in [2.05, 4.69) is 30.5 Å². The normalized spacial score (nSPS) is 10.2. The SMILES string of the molecule is Cc1cccc(NCCC(=O)Nc2ccccc2Cl)c1C. The zero-order valence-corrected chi connectivity index (χ0v) is 13.0. The predicted molar refractivity (Wildman–Crippen MR) is 89.1 cm³/mol. The number of hydrogen-bond acceptors (Lipinski definition) is 2. The summed E-state index contributed by atoms with van der Waals surface area (Å²) in [6.07, 6.45) is 0.388. The van der Waals surface area contributed by atoms with Gasteiger partial charge in [-0.25, -0.2) is 0 Å². The van der Waals surface area contributed by atoms with E-state index in [-0.39, 0.29) is 5.91 Å². The maximum atomic E-state index is 11.9. The molecule has 0 aliphatic heterocycles. The van der Waals surface area contributed by atoms with Crippen LogP contribution >= 0.6 is 11.6 Å². The van der Waals surface area contributed by atoms with E-state index in [4.69, 9.17) is 11.6 Å². The van der Waals surface area contributed by atoms with Crippen LogP contribution in [-0.4, -0.2) is 12.5 Å². The van der Waals surface area contributed by atoms with Crippen molar-refractivity contribution in [3.05, 3.63) is 58.6 Å². The lowest BCUT2D eigenvalue weighted by atomic mass is 10.1. The fourth-order valence-electron chi connectivity index (χ4n) is 2.03. The number of carbonyl (C=O) groups excluding carboxylic acids is 1. The summed E-state index contributed by atoms with van der Waals surface area (Å²) in [5.74, 6) is -0.0547. The number of anilines is 2. The number of nitrogens with one attached hydrogen (secondary N) is 2. The average molecular weight is 303 g/mol. The molecule has 0 saturated carbocycles. The Morgan fingerprint density at radius 2 is 1.76 bits per heavy atom. The topological polar surface area (TPSA) is 41.1 Å². The van der Waals surface area contributed by atoms with Gasteiger partial charge in [0.05, 0.1) is 10.7 Å². The summed E-state index contributed by atoms with van der Waals surface area (Å²) in [5, 5.41) is 6.65. The zero-order valence-electron chi connectivity index (χ0n) is 12.2. The van der Waals surface area contributed by atoms with E-state index in [1.807, 2.05) is 24.3 Å². The molecule has 0 radical (unpaired) electrons. The van der Waals surface area contributed by atoms with E-state index in [9.17, 15) is 4.79 Å². The van der Waals surface area contributed by atoms with Gasteiger partial charge in [-0.2, -0.15) is 0 Å². The molecule has 0 heterocycles. The van der Waals surface area contributed by atoms with Crippen LogP contribution in [0.1, 0.15) is 17.5 Å². The molecule has 4 heteroatoms. The lowest BCUT2D eigenvalue weighted by molar-refractivity contribution is -0.115. The molecule has 0 unspecified atom stereocenters. The van der Waals surface area contributed by atoms with E-state index in [0.29, 0.717) is 23.7 Å². The van der Waals surface area contributed by atoms with E-state index < -0.39 is 0 Å². The van der Waals surface area contributed by atoms with Crippen molar-refractivity contribution in [3.8, 4) is 0 Å². The van der Waals surface area contributed by atoms with Crippen molar-refractivity contribution >= 4 is 28.9 Å². The summed E-state index contributed by atoms with van der Waals surface area (Å²) in [4.78, 5) is 11.9. The molecule has 110 valence electrons. The first-order valence-electron chi connectivity index (χ1n) is 6.92. The van der Waals surface area contributed by atoms with Gasteiger partial charge in [-0.1, -0.05) is 35.9 Å². The Bertz CT molecular complexity index is 640. The van der Waals surface area contributed by atoms with Gasteiger partial charge in [0.1, 0.15) is 0 Å². The van der Waals surface area contributed by atoms with Crippen LogP contribution in [0.25, 0.3) is 0 Å². The van der Waals surface area contributed by atoms with Crippen LogP contribution in [0, 0.1) is 13.8 Å². The second-order valence-corrected chi connectivity index (χ2v) is 5.36. The fourth-order valence-corrected chi connectivity index (χ4v) is 2.21. The molecule has 1 amide bonds. The molecule has 2 rings (SSSR count). The first kappa shape index (κ1) is 15.4. The average Bonchev–Trinajstić information content (AvgIpc) is 2.46. The summed E-state index contributed by atoms with van der Waals surface area (Å²) < 4.78 is 0. The Morgan fingerprint density at radius 3 is 2.52 bits per heavy atom. The van der Waals surface area contributed by atoms with Gasteiger partial charge in [0.15, 0.2) is 0 Å². The predicted octanol–water partition coefficient (Wildman–Crippen LogP) is 4.40. The van der Waals surface area contributed by atoms with Crippen LogP contribution in [0.15, 0.2) is 42.5 Å². The summed E-state index contributed by atoms with van der Waals surface area (Å²) in [5.41, 5.74) is 4.17. The Kier molecular flexibility index (Phi) is 5.23. The van der Waals surface area contributed by atoms with Gasteiger partial charge in [0.25, 0.3) is 0 Å². The zero-order chi connectivity index (χ0) is 15.2. The first-order valence-corrected chi connectivity index (χ1v) is 7.30. The Hall–Kier alpha value is -2.00. The van der Waals surface area contributed by atoms with Crippen molar-refractivity contribution < 1.29 is 4.79 Å². The quantitative estimate of drug-likeness (QED) is 0.859. The lowest BCUT2D eigenvalue weighted by Gasteiger charge is -2.11. The highest BCUT2D eigenvalue weighted by Crippen LogP contribution is 2.21. The van der Waals surface area contributed by atoms with Crippen molar-refractivity contribution in [2.75, 3.05) is 17.2 Å². The van der Waals surface area contributed by atoms with Crippen molar-refractivity contribution in [2.45, 2.75) is 20.3 Å². The van der Waals surface area contributed by atoms with Crippen LogP contribution in [0.4, 0.5) is 11.4 Å². The molecule has 0 aromatic heterocycles. The highest BCUT2D eigenvalue weighted by molar-refractivity contribution is 6.33. The molecule has 0 bridgehead atoms. The minimum atomic E-state index is -0.0547. The third-order valence-corrected chi connectivity index (χ3v) is 3.75. The minimum Gasteiger partial charge on any atom is -0.384 e. The van der Waals surface area contributed by atoms with E-state index in [1.165, 1.54) is 11.1 Å². The molecular formula is C17H19ClN2O. The molecule has 0 aliphatic rings. The van der Waals surface area contributed by atoms with Crippen LogP contribution in [0.2, 0.25) is 5.02 Å². The number of rotatable bonds is 5. The van der Waals surface area contributed by atoms with Gasteiger partial charge in [-0.3, -0.25) is 4.79 Å². The van der Waals surface area contributed by atoms with Crippen molar-refractivity contribution in [2.24, 2.45) is 0 Å². The third kappa shape index (κ3) is 4.23. The molecule has 2 aromatic rings. The Labute approximate surface area is 130 Å². The van der Waals surface area contributed by atoms with Gasteiger partial charge < -0.3 is 10.6 Å². The standard InChI is InChI=1S/C17H19ClN2O/c1-12-6-5-9-15(13(12)2)19-11-10-17(21)20-16-8-4-3-7-14(16)18/h3-9,19H,10-11H2,1-2H3,(H,20,21). The van der Waals surface area contributed by atoms with Gasteiger partial charge in [-0.15, -0.1) is 0 Å². The highest BCUT2D eigenvalue weighted by atomic mass is 35.5. The van der Waals surface area contributed by atoms with E-state index >= 15 is 0 Å². The third-order valence-electron chi connectivity index (χ3n) is 3.42. The van der Waals surface area contributed by atoms with Crippen LogP contribution in [0.5, 0.6) is 0 Å². The van der Waals surface area contributed by atoms with Crippen LogP contribution in [0.3, 0.4) is 0 Å². The van der Waals surface area contributed by atoms with Gasteiger partial charge in [0.2, 0.25) is 5.91 Å². The summed E-state index contributed by atoms with van der Waals surface area (Å²) in [6.45, 7) is 4.73. The molecule has 0 saturated heterocycles. The molecule has 2 N–H and O–H groups in total. The Balaban J connectivity index is 1.85. The fraction of sp³-hybridized carbons (Fsp3) is 0.235. The van der Waals surface area contributed by atoms with Gasteiger partial charge in [-0.05, 0) is 43.2 Å². The number of aryl methyl sites for hydroxylation is 1. The lowest BCUT2D eigenvalue weighted by Crippen LogP contribution is -2.16. The number of para-hydroxylation sites is 1. The van der Waals surface area contributed by atoms with E-state index in [1.54, 1.807) is 12.1 Å². The Morgan fingerprint density at radius 1 is 1.05 bits per heavy atom. The first-order chi connectivity index (χ1) is 10.1. The monoisotopic (exact) mass is 302 g/mol. The van der Waals surface area contributed by atoms with Crippen LogP contribution in [-0.2, 0) is 4.79 Å². The number of benzene rings is 2. The maximum Gasteiger partial charge on any atom is 0.226 e. The molecule has 0 spiro atoms. The number of amides is 1. The minimum absolute atomic E-state index is 0.0547. The second-order valence-electron chi connectivity index (χ2n) is 4.95. The largest absolute Gasteiger partial charge is 0.384 e. The number of halogens is 1. The van der Waals surface area contributed by atoms with Crippen LogP contribution < -0.4 is 10.6 Å². The highest BCUT2D eigenvalue weighted by Gasteiger charge is 2.06. The van der Waals surface area contributed by atoms with E-state index in [0.717, 1.165) is 5.69 Å².